The SMILES string of the molecule is O=C(O)Cc1cn2cc(-c3cccc(Cl)c3)nc2s1. The number of fused-ring (bicyclic) bond motifs is 1. The van der Waals surface area contributed by atoms with Crippen molar-refractivity contribution in [3.63, 3.8) is 0 Å². The maximum absolute atomic E-state index is 10.7. The summed E-state index contributed by atoms with van der Waals surface area (Å²) in [4.78, 5) is 16.7. The van der Waals surface area contributed by atoms with Crippen LogP contribution < -0.4 is 0 Å². The second-order valence-corrected chi connectivity index (χ2v) is 5.62. The molecule has 4 nitrogen and oxygen atoms in total. The van der Waals surface area contributed by atoms with E-state index in [1.807, 2.05) is 34.9 Å². The number of benzene rings is 1. The fourth-order valence-electron chi connectivity index (χ4n) is 1.86. The normalized spacial score (nSPS) is 11.0. The Labute approximate surface area is 117 Å². The first-order valence-corrected chi connectivity index (χ1v) is 6.76. The molecule has 6 heteroatoms. The van der Waals surface area contributed by atoms with Crippen molar-refractivity contribution in [2.45, 2.75) is 6.42 Å². The molecule has 0 atom stereocenters. The lowest BCUT2D eigenvalue weighted by Crippen LogP contribution is -1.97. The molecule has 3 rings (SSSR count). The average molecular weight is 293 g/mol. The van der Waals surface area contributed by atoms with Gasteiger partial charge in [0, 0.05) is 27.9 Å². The Morgan fingerprint density at radius 2 is 2.26 bits per heavy atom. The topological polar surface area (TPSA) is 54.6 Å². The molecule has 0 amide bonds. The molecule has 1 aromatic carbocycles. The van der Waals surface area contributed by atoms with E-state index in [1.54, 1.807) is 6.20 Å². The van der Waals surface area contributed by atoms with E-state index in [0.29, 0.717) is 5.02 Å². The van der Waals surface area contributed by atoms with Crippen LogP contribution in [0.4, 0.5) is 0 Å². The van der Waals surface area contributed by atoms with Crippen LogP contribution in [0.5, 0.6) is 0 Å². The summed E-state index contributed by atoms with van der Waals surface area (Å²) >= 11 is 7.34. The Bertz CT molecular complexity index is 731. The van der Waals surface area contributed by atoms with E-state index in [9.17, 15) is 4.79 Å². The van der Waals surface area contributed by atoms with Crippen molar-refractivity contribution >= 4 is 33.9 Å². The van der Waals surface area contributed by atoms with E-state index in [4.69, 9.17) is 16.7 Å². The van der Waals surface area contributed by atoms with E-state index in [0.717, 1.165) is 21.1 Å². The quantitative estimate of drug-likeness (QED) is 0.805. The van der Waals surface area contributed by atoms with Gasteiger partial charge in [0.2, 0.25) is 0 Å². The first kappa shape index (κ1) is 12.2. The molecule has 96 valence electrons. The molecule has 0 fully saturated rings. The summed E-state index contributed by atoms with van der Waals surface area (Å²) in [7, 11) is 0. The van der Waals surface area contributed by atoms with Gasteiger partial charge < -0.3 is 5.11 Å². The zero-order valence-corrected chi connectivity index (χ0v) is 11.3. The van der Waals surface area contributed by atoms with Gasteiger partial charge >= 0.3 is 5.97 Å². The fourth-order valence-corrected chi connectivity index (χ4v) is 3.00. The summed E-state index contributed by atoms with van der Waals surface area (Å²) < 4.78 is 1.85. The van der Waals surface area contributed by atoms with Crippen LogP contribution in [0.2, 0.25) is 5.02 Å². The highest BCUT2D eigenvalue weighted by atomic mass is 35.5. The lowest BCUT2D eigenvalue weighted by molar-refractivity contribution is -0.136. The maximum Gasteiger partial charge on any atom is 0.308 e. The summed E-state index contributed by atoms with van der Waals surface area (Å²) in [5, 5.41) is 9.42. The predicted molar refractivity (Wildman–Crippen MR) is 74.9 cm³/mol. The van der Waals surface area contributed by atoms with Gasteiger partial charge in [-0.05, 0) is 12.1 Å². The van der Waals surface area contributed by atoms with Gasteiger partial charge in [-0.2, -0.15) is 0 Å². The zero-order valence-electron chi connectivity index (χ0n) is 9.71. The van der Waals surface area contributed by atoms with Crippen molar-refractivity contribution in [2.24, 2.45) is 0 Å². The van der Waals surface area contributed by atoms with Crippen LogP contribution in [-0.4, -0.2) is 20.5 Å². The van der Waals surface area contributed by atoms with Gasteiger partial charge in [0.05, 0.1) is 12.1 Å². The van der Waals surface area contributed by atoms with Crippen LogP contribution in [0.25, 0.3) is 16.2 Å². The molecule has 0 saturated carbocycles. The van der Waals surface area contributed by atoms with Gasteiger partial charge in [-0.3, -0.25) is 9.20 Å². The number of thiazole rings is 1. The number of imidazole rings is 1. The predicted octanol–water partition coefficient (Wildman–Crippen LogP) is 3.34. The van der Waals surface area contributed by atoms with Crippen LogP contribution in [0, 0.1) is 0 Å². The molecule has 0 spiro atoms. The Balaban J connectivity index is 1.99. The maximum atomic E-state index is 10.7. The van der Waals surface area contributed by atoms with Gasteiger partial charge in [0.15, 0.2) is 4.96 Å². The molecule has 3 aromatic rings. The van der Waals surface area contributed by atoms with Gasteiger partial charge in [-0.1, -0.05) is 23.7 Å². The van der Waals surface area contributed by atoms with Crippen molar-refractivity contribution in [2.75, 3.05) is 0 Å². The van der Waals surface area contributed by atoms with Gasteiger partial charge in [0.25, 0.3) is 0 Å². The van der Waals surface area contributed by atoms with Crippen molar-refractivity contribution < 1.29 is 9.90 Å². The number of hydrogen-bond donors (Lipinski definition) is 1. The molecular weight excluding hydrogens is 284 g/mol. The molecule has 1 N–H and O–H groups in total. The van der Waals surface area contributed by atoms with Crippen LogP contribution in [-0.2, 0) is 11.2 Å². The number of carboxylic acids is 1. The lowest BCUT2D eigenvalue weighted by atomic mass is 10.2. The zero-order chi connectivity index (χ0) is 13.4. The number of hydrogen-bond acceptors (Lipinski definition) is 3. The number of aliphatic carboxylic acids is 1. The third-order valence-corrected chi connectivity index (χ3v) is 3.88. The molecule has 2 aromatic heterocycles. The van der Waals surface area contributed by atoms with Gasteiger partial charge in [0.1, 0.15) is 0 Å². The molecule has 2 heterocycles. The van der Waals surface area contributed by atoms with Crippen LogP contribution in [0.3, 0.4) is 0 Å². The smallest absolute Gasteiger partial charge is 0.308 e. The summed E-state index contributed by atoms with van der Waals surface area (Å²) in [5.41, 5.74) is 1.78. The number of halogens is 1. The first-order chi connectivity index (χ1) is 9.11. The third-order valence-electron chi connectivity index (χ3n) is 2.65. The van der Waals surface area contributed by atoms with E-state index in [-0.39, 0.29) is 6.42 Å². The number of carbonyl (C=O) groups is 1. The second kappa shape index (κ2) is 4.68. The second-order valence-electron chi connectivity index (χ2n) is 4.09. The van der Waals surface area contributed by atoms with Crippen molar-refractivity contribution in [3.8, 4) is 11.3 Å². The molecule has 0 unspecified atom stereocenters. The molecule has 0 aliphatic heterocycles. The summed E-state index contributed by atoms with van der Waals surface area (Å²) in [6.07, 6.45) is 3.71. The highest BCUT2D eigenvalue weighted by Crippen LogP contribution is 2.25. The highest BCUT2D eigenvalue weighted by molar-refractivity contribution is 7.17. The first-order valence-electron chi connectivity index (χ1n) is 5.57. The Morgan fingerprint density at radius 3 is 2.95 bits per heavy atom. The van der Waals surface area contributed by atoms with Crippen LogP contribution >= 0.6 is 22.9 Å². The van der Waals surface area contributed by atoms with Gasteiger partial charge in [-0.15, -0.1) is 11.3 Å². The molecule has 0 saturated heterocycles. The molecular formula is C13H9ClN2O2S. The number of aromatic nitrogens is 2. The van der Waals surface area contributed by atoms with Crippen LogP contribution in [0.15, 0.2) is 36.7 Å². The van der Waals surface area contributed by atoms with E-state index in [1.165, 1.54) is 11.3 Å². The van der Waals surface area contributed by atoms with Crippen molar-refractivity contribution in [1.29, 1.82) is 0 Å². The molecule has 0 aliphatic carbocycles. The van der Waals surface area contributed by atoms with E-state index in [2.05, 4.69) is 4.98 Å². The fraction of sp³-hybridized carbons (Fsp3) is 0.0769. The largest absolute Gasteiger partial charge is 0.481 e. The highest BCUT2D eigenvalue weighted by Gasteiger charge is 2.10. The average Bonchev–Trinajstić information content (AvgIpc) is 2.85. The van der Waals surface area contributed by atoms with Gasteiger partial charge in [-0.25, -0.2) is 4.98 Å². The number of carboxylic acid groups (broad SMARTS) is 1. The number of rotatable bonds is 3. The monoisotopic (exact) mass is 292 g/mol. The van der Waals surface area contributed by atoms with E-state index >= 15 is 0 Å². The minimum absolute atomic E-state index is 0.0283. The van der Waals surface area contributed by atoms with Crippen LogP contribution in [0.1, 0.15) is 4.88 Å². The summed E-state index contributed by atoms with van der Waals surface area (Å²) in [6.45, 7) is 0. The summed E-state index contributed by atoms with van der Waals surface area (Å²) in [5.74, 6) is -0.834. The Morgan fingerprint density at radius 1 is 1.42 bits per heavy atom. The third kappa shape index (κ3) is 2.47. The molecule has 0 radical (unpaired) electrons. The number of nitrogens with zero attached hydrogens (tertiary/aromatic N) is 2. The lowest BCUT2D eigenvalue weighted by Gasteiger charge is -1.96. The standard InChI is InChI=1S/C13H9ClN2O2S/c14-9-3-1-2-8(4-9)11-7-16-6-10(5-12(17)18)19-13(16)15-11/h1-4,6-7H,5H2,(H,17,18). The minimum atomic E-state index is -0.834. The van der Waals surface area contributed by atoms with Crippen molar-refractivity contribution in [3.05, 3.63) is 46.6 Å². The Hall–Kier alpha value is -1.85. The summed E-state index contributed by atoms with van der Waals surface area (Å²) in [6, 6.07) is 7.48. The molecule has 0 aliphatic rings. The molecule has 19 heavy (non-hydrogen) atoms. The van der Waals surface area contributed by atoms with Crippen molar-refractivity contribution in [1.82, 2.24) is 9.38 Å². The Kier molecular flexibility index (Phi) is 3.00. The van der Waals surface area contributed by atoms with E-state index < -0.39 is 5.97 Å². The minimum Gasteiger partial charge on any atom is -0.481 e. The molecule has 0 bridgehead atoms.